The number of nitrogens with two attached hydrogens (primary N) is 1. The zero-order valence-electron chi connectivity index (χ0n) is 9.92. The van der Waals surface area contributed by atoms with Crippen molar-refractivity contribution in [2.45, 2.75) is 6.92 Å². The highest BCUT2D eigenvalue weighted by molar-refractivity contribution is 9.10. The Labute approximate surface area is 117 Å². The molecule has 0 aliphatic carbocycles. The summed E-state index contributed by atoms with van der Waals surface area (Å²) in [5.41, 5.74) is 6.20. The Morgan fingerprint density at radius 3 is 2.68 bits per heavy atom. The largest absolute Gasteiger partial charge is 0.368 e. The Balaban J connectivity index is 2.51. The van der Waals surface area contributed by atoms with Crippen molar-refractivity contribution in [1.29, 1.82) is 0 Å². The fraction of sp³-hybridized carbons (Fsp3) is 0.0909. The zero-order chi connectivity index (χ0) is 14.0. The molecule has 2 rings (SSSR count). The second kappa shape index (κ2) is 5.19. The number of nitro groups is 1. The molecule has 8 heteroatoms. The van der Waals surface area contributed by atoms with E-state index >= 15 is 0 Å². The molecule has 0 fully saturated rings. The van der Waals surface area contributed by atoms with Crippen LogP contribution in [0.1, 0.15) is 5.69 Å². The van der Waals surface area contributed by atoms with Gasteiger partial charge in [-0.05, 0) is 35.0 Å². The number of nitrogen functional groups attached to an aromatic ring is 1. The van der Waals surface area contributed by atoms with Gasteiger partial charge >= 0.3 is 5.69 Å². The van der Waals surface area contributed by atoms with Crippen molar-refractivity contribution in [3.8, 4) is 0 Å². The number of anilines is 3. The molecular formula is C11H10BrN5O2. The summed E-state index contributed by atoms with van der Waals surface area (Å²) < 4.78 is 0.763. The van der Waals surface area contributed by atoms with Gasteiger partial charge < -0.3 is 11.1 Å². The summed E-state index contributed by atoms with van der Waals surface area (Å²) >= 11 is 3.35. The Morgan fingerprint density at radius 2 is 2.05 bits per heavy atom. The van der Waals surface area contributed by atoms with Crippen molar-refractivity contribution in [3.05, 3.63) is 44.5 Å². The van der Waals surface area contributed by atoms with Crippen LogP contribution in [0.15, 0.2) is 28.7 Å². The summed E-state index contributed by atoms with van der Waals surface area (Å²) in [6.07, 6.45) is 0. The topological polar surface area (TPSA) is 107 Å². The SMILES string of the molecule is Cc1nc(N)nc(Nc2ccccc2Br)c1[N+](=O)[O-]. The van der Waals surface area contributed by atoms with E-state index in [9.17, 15) is 10.1 Å². The van der Waals surface area contributed by atoms with E-state index in [1.54, 1.807) is 12.1 Å². The van der Waals surface area contributed by atoms with E-state index < -0.39 is 4.92 Å². The number of hydrogen-bond acceptors (Lipinski definition) is 6. The van der Waals surface area contributed by atoms with Gasteiger partial charge in [0.25, 0.3) is 0 Å². The molecule has 0 bridgehead atoms. The Hall–Kier alpha value is -2.22. The molecule has 3 N–H and O–H groups in total. The van der Waals surface area contributed by atoms with Gasteiger partial charge in [0.15, 0.2) is 0 Å². The molecule has 0 aliphatic rings. The lowest BCUT2D eigenvalue weighted by Crippen LogP contribution is -2.07. The lowest BCUT2D eigenvalue weighted by atomic mass is 10.3. The van der Waals surface area contributed by atoms with Crippen molar-refractivity contribution < 1.29 is 4.92 Å². The zero-order valence-corrected chi connectivity index (χ0v) is 11.5. The van der Waals surface area contributed by atoms with E-state index in [0.29, 0.717) is 5.69 Å². The van der Waals surface area contributed by atoms with Crippen LogP contribution in [0.25, 0.3) is 0 Å². The van der Waals surface area contributed by atoms with Crippen molar-refractivity contribution in [2.24, 2.45) is 0 Å². The summed E-state index contributed by atoms with van der Waals surface area (Å²) in [5.74, 6) is 0.0551. The lowest BCUT2D eigenvalue weighted by Gasteiger charge is -2.09. The highest BCUT2D eigenvalue weighted by Crippen LogP contribution is 2.31. The van der Waals surface area contributed by atoms with Crippen molar-refractivity contribution in [2.75, 3.05) is 11.1 Å². The van der Waals surface area contributed by atoms with E-state index in [4.69, 9.17) is 5.73 Å². The first-order chi connectivity index (χ1) is 8.99. The number of nitrogens with zero attached hydrogens (tertiary/aromatic N) is 3. The third-order valence-corrected chi connectivity index (χ3v) is 3.08. The van der Waals surface area contributed by atoms with Crippen LogP contribution in [-0.2, 0) is 0 Å². The smallest absolute Gasteiger partial charge is 0.332 e. The van der Waals surface area contributed by atoms with E-state index in [0.717, 1.165) is 4.47 Å². The fourth-order valence-corrected chi connectivity index (χ4v) is 1.97. The summed E-state index contributed by atoms with van der Waals surface area (Å²) in [7, 11) is 0. The number of halogens is 1. The third-order valence-electron chi connectivity index (χ3n) is 2.39. The highest BCUT2D eigenvalue weighted by atomic mass is 79.9. The molecule has 7 nitrogen and oxygen atoms in total. The molecule has 19 heavy (non-hydrogen) atoms. The Kier molecular flexibility index (Phi) is 3.61. The van der Waals surface area contributed by atoms with E-state index in [2.05, 4.69) is 31.2 Å². The summed E-state index contributed by atoms with van der Waals surface area (Å²) in [6.45, 7) is 1.52. The van der Waals surface area contributed by atoms with Crippen LogP contribution in [0, 0.1) is 17.0 Å². The second-order valence-electron chi connectivity index (χ2n) is 3.73. The number of benzene rings is 1. The van der Waals surface area contributed by atoms with Gasteiger partial charge in [0.05, 0.1) is 10.6 Å². The van der Waals surface area contributed by atoms with Crippen molar-refractivity contribution in [1.82, 2.24) is 9.97 Å². The maximum atomic E-state index is 11.1. The molecule has 0 aliphatic heterocycles. The third kappa shape index (κ3) is 2.79. The summed E-state index contributed by atoms with van der Waals surface area (Å²) in [6, 6.07) is 7.21. The van der Waals surface area contributed by atoms with Gasteiger partial charge in [-0.25, -0.2) is 4.98 Å². The van der Waals surface area contributed by atoms with Gasteiger partial charge in [0.1, 0.15) is 5.69 Å². The van der Waals surface area contributed by atoms with Crippen LogP contribution in [0.4, 0.5) is 23.1 Å². The van der Waals surface area contributed by atoms with Crippen LogP contribution in [-0.4, -0.2) is 14.9 Å². The first-order valence-corrected chi connectivity index (χ1v) is 6.08. The van der Waals surface area contributed by atoms with Gasteiger partial charge in [-0.3, -0.25) is 10.1 Å². The van der Waals surface area contributed by atoms with Gasteiger partial charge in [0.2, 0.25) is 11.8 Å². The van der Waals surface area contributed by atoms with Gasteiger partial charge in [-0.2, -0.15) is 4.98 Å². The van der Waals surface area contributed by atoms with E-state index in [-0.39, 0.29) is 23.1 Å². The van der Waals surface area contributed by atoms with Crippen molar-refractivity contribution >= 4 is 39.1 Å². The molecule has 2 aromatic rings. The summed E-state index contributed by atoms with van der Waals surface area (Å²) in [4.78, 5) is 18.2. The monoisotopic (exact) mass is 323 g/mol. The average molecular weight is 324 g/mol. The maximum absolute atomic E-state index is 11.1. The number of hydrogen-bond donors (Lipinski definition) is 2. The van der Waals surface area contributed by atoms with Gasteiger partial charge in [-0.15, -0.1) is 0 Å². The minimum Gasteiger partial charge on any atom is -0.368 e. The normalized spacial score (nSPS) is 10.2. The first kappa shape index (κ1) is 13.2. The molecule has 1 heterocycles. The summed E-state index contributed by atoms with van der Waals surface area (Å²) in [5, 5.41) is 13.9. The molecular weight excluding hydrogens is 314 g/mol. The van der Waals surface area contributed by atoms with E-state index in [1.807, 2.05) is 12.1 Å². The molecule has 1 aromatic heterocycles. The van der Waals surface area contributed by atoms with Crippen LogP contribution < -0.4 is 11.1 Å². The molecule has 0 atom stereocenters. The quantitative estimate of drug-likeness (QED) is 0.664. The molecule has 0 saturated carbocycles. The van der Waals surface area contributed by atoms with Crippen LogP contribution in [0.5, 0.6) is 0 Å². The Bertz CT molecular complexity index is 647. The molecule has 98 valence electrons. The maximum Gasteiger partial charge on any atom is 0.332 e. The van der Waals surface area contributed by atoms with Crippen LogP contribution >= 0.6 is 15.9 Å². The molecule has 0 radical (unpaired) electrons. The molecule has 1 aromatic carbocycles. The first-order valence-electron chi connectivity index (χ1n) is 5.29. The number of nitrogens with one attached hydrogen (secondary N) is 1. The fourth-order valence-electron chi connectivity index (χ4n) is 1.58. The van der Waals surface area contributed by atoms with Crippen LogP contribution in [0.3, 0.4) is 0 Å². The second-order valence-corrected chi connectivity index (χ2v) is 4.58. The molecule has 0 unspecified atom stereocenters. The minimum absolute atomic E-state index is 0.0161. The number of rotatable bonds is 3. The number of aryl methyl sites for hydroxylation is 1. The standard InChI is InChI=1S/C11H10BrN5O2/c1-6-9(17(18)19)10(16-11(13)14-6)15-8-5-3-2-4-7(8)12/h2-5H,1H3,(H3,13,14,15,16). The number of para-hydroxylation sites is 1. The highest BCUT2D eigenvalue weighted by Gasteiger charge is 2.21. The number of aromatic nitrogens is 2. The molecule has 0 spiro atoms. The van der Waals surface area contributed by atoms with Gasteiger partial charge in [-0.1, -0.05) is 12.1 Å². The Morgan fingerprint density at radius 1 is 1.37 bits per heavy atom. The average Bonchev–Trinajstić information content (AvgIpc) is 2.30. The molecule has 0 amide bonds. The predicted octanol–water partition coefficient (Wildman–Crippen LogP) is 2.78. The van der Waals surface area contributed by atoms with Crippen molar-refractivity contribution in [3.63, 3.8) is 0 Å². The molecule has 0 saturated heterocycles. The predicted molar refractivity (Wildman–Crippen MR) is 75.3 cm³/mol. The minimum atomic E-state index is -0.534. The van der Waals surface area contributed by atoms with Crippen LogP contribution in [0.2, 0.25) is 0 Å². The van der Waals surface area contributed by atoms with E-state index in [1.165, 1.54) is 6.92 Å². The lowest BCUT2D eigenvalue weighted by molar-refractivity contribution is -0.385. The van der Waals surface area contributed by atoms with Gasteiger partial charge in [0, 0.05) is 4.47 Å².